The molecule has 1 aromatic heterocycles. The van der Waals surface area contributed by atoms with E-state index in [0.29, 0.717) is 17.9 Å². The van der Waals surface area contributed by atoms with Crippen LogP contribution in [0.4, 0.5) is 0 Å². The molecule has 2 rings (SSSR count). The molecule has 1 atom stereocenters. The molecule has 0 spiro atoms. The van der Waals surface area contributed by atoms with E-state index in [-0.39, 0.29) is 0 Å². The van der Waals surface area contributed by atoms with Crippen molar-refractivity contribution in [3.8, 4) is 0 Å². The third-order valence-corrected chi connectivity index (χ3v) is 3.27. The lowest BCUT2D eigenvalue weighted by molar-refractivity contribution is -0.138. The van der Waals surface area contributed by atoms with Gasteiger partial charge in [-0.1, -0.05) is 29.8 Å². The van der Waals surface area contributed by atoms with Gasteiger partial charge in [-0.2, -0.15) is 0 Å². The molecule has 0 unspecified atom stereocenters. The maximum absolute atomic E-state index is 11.3. The molecule has 2 aromatic rings. The van der Waals surface area contributed by atoms with Gasteiger partial charge >= 0.3 is 5.97 Å². The van der Waals surface area contributed by atoms with Crippen molar-refractivity contribution in [2.45, 2.75) is 18.8 Å². The van der Waals surface area contributed by atoms with Gasteiger partial charge in [-0.05, 0) is 42.2 Å². The van der Waals surface area contributed by atoms with E-state index in [1.165, 1.54) is 0 Å². The second-order valence-electron chi connectivity index (χ2n) is 4.34. The minimum absolute atomic E-state index is 0.524. The average Bonchev–Trinajstić information content (AvgIpc) is 2.42. The number of hydrogen-bond donors (Lipinski definition) is 1. The number of halogens is 1. The predicted octanol–water partition coefficient (Wildman–Crippen LogP) is 3.54. The van der Waals surface area contributed by atoms with Crippen molar-refractivity contribution in [3.05, 3.63) is 64.9 Å². The van der Waals surface area contributed by atoms with Gasteiger partial charge in [0.15, 0.2) is 0 Å². The highest BCUT2D eigenvalue weighted by molar-refractivity contribution is 6.30. The normalized spacial score (nSPS) is 12.1. The molecule has 0 aliphatic carbocycles. The Bertz CT molecular complexity index is 540. The summed E-state index contributed by atoms with van der Waals surface area (Å²) in [5, 5.41) is 9.99. The summed E-state index contributed by atoms with van der Waals surface area (Å²) < 4.78 is 0. The van der Waals surface area contributed by atoms with Crippen molar-refractivity contribution < 1.29 is 9.90 Å². The summed E-state index contributed by atoms with van der Waals surface area (Å²) in [5.74, 6) is -1.34. The van der Waals surface area contributed by atoms with E-state index >= 15 is 0 Å². The molecule has 1 heterocycles. The Morgan fingerprint density at radius 3 is 2.58 bits per heavy atom. The second kappa shape index (κ2) is 6.34. The zero-order chi connectivity index (χ0) is 13.7. The number of carbonyl (C=O) groups is 1. The van der Waals surface area contributed by atoms with E-state index in [2.05, 4.69) is 4.98 Å². The molecule has 0 saturated heterocycles. The van der Waals surface area contributed by atoms with Gasteiger partial charge in [0.1, 0.15) is 0 Å². The molecule has 3 nitrogen and oxygen atoms in total. The summed E-state index contributed by atoms with van der Waals surface area (Å²) in [6, 6.07) is 11.0. The number of carboxylic acids is 1. The fourth-order valence-electron chi connectivity index (χ4n) is 1.98. The van der Waals surface area contributed by atoms with E-state index in [0.717, 1.165) is 11.1 Å². The Morgan fingerprint density at radius 2 is 2.00 bits per heavy atom. The van der Waals surface area contributed by atoms with Crippen LogP contribution in [-0.2, 0) is 11.2 Å². The lowest BCUT2D eigenvalue weighted by atomic mass is 9.93. The van der Waals surface area contributed by atoms with Gasteiger partial charge in [0, 0.05) is 17.4 Å². The average molecular weight is 276 g/mol. The van der Waals surface area contributed by atoms with Crippen LogP contribution in [0.5, 0.6) is 0 Å². The molecule has 98 valence electrons. The van der Waals surface area contributed by atoms with Crippen molar-refractivity contribution in [1.82, 2.24) is 4.98 Å². The van der Waals surface area contributed by atoms with Crippen LogP contribution < -0.4 is 0 Å². The SMILES string of the molecule is O=C(O)[C@@H](CCc1ccc(Cl)cc1)c1cccnc1. The standard InChI is InChI=1S/C15H14ClNO2/c16-13-6-3-11(4-7-13)5-8-14(15(18)19)12-2-1-9-17-10-12/h1-4,6-7,9-10,14H,5,8H2,(H,18,19)/t14-/m0/s1. The molecule has 1 N–H and O–H groups in total. The molecular formula is C15H14ClNO2. The number of hydrogen-bond acceptors (Lipinski definition) is 2. The Kier molecular flexibility index (Phi) is 4.53. The van der Waals surface area contributed by atoms with Gasteiger partial charge in [0.25, 0.3) is 0 Å². The highest BCUT2D eigenvalue weighted by atomic mass is 35.5. The van der Waals surface area contributed by atoms with E-state index in [4.69, 9.17) is 11.6 Å². The number of rotatable bonds is 5. The van der Waals surface area contributed by atoms with Gasteiger partial charge in [-0.15, -0.1) is 0 Å². The Hall–Kier alpha value is -1.87. The molecule has 0 fully saturated rings. The first-order valence-electron chi connectivity index (χ1n) is 6.04. The van der Waals surface area contributed by atoms with Gasteiger partial charge in [-0.25, -0.2) is 0 Å². The number of benzene rings is 1. The van der Waals surface area contributed by atoms with Crippen LogP contribution in [0.3, 0.4) is 0 Å². The van der Waals surface area contributed by atoms with Gasteiger partial charge in [0.05, 0.1) is 5.92 Å². The van der Waals surface area contributed by atoms with Crippen LogP contribution >= 0.6 is 11.6 Å². The van der Waals surface area contributed by atoms with Crippen molar-refractivity contribution in [2.24, 2.45) is 0 Å². The molecule has 0 amide bonds. The highest BCUT2D eigenvalue weighted by Gasteiger charge is 2.19. The Morgan fingerprint density at radius 1 is 1.26 bits per heavy atom. The number of pyridine rings is 1. The smallest absolute Gasteiger partial charge is 0.311 e. The van der Waals surface area contributed by atoms with E-state index < -0.39 is 11.9 Å². The predicted molar refractivity (Wildman–Crippen MR) is 74.4 cm³/mol. The molecule has 19 heavy (non-hydrogen) atoms. The third-order valence-electron chi connectivity index (χ3n) is 3.02. The number of nitrogens with zero attached hydrogens (tertiary/aromatic N) is 1. The third kappa shape index (κ3) is 3.80. The maximum atomic E-state index is 11.3. The lowest BCUT2D eigenvalue weighted by Crippen LogP contribution is -2.12. The number of aliphatic carboxylic acids is 1. The van der Waals surface area contributed by atoms with E-state index in [1.807, 2.05) is 24.3 Å². The van der Waals surface area contributed by atoms with Gasteiger partial charge in [-0.3, -0.25) is 9.78 Å². The maximum Gasteiger partial charge on any atom is 0.311 e. The monoisotopic (exact) mass is 275 g/mol. The van der Waals surface area contributed by atoms with Crippen LogP contribution in [0.15, 0.2) is 48.8 Å². The fourth-order valence-corrected chi connectivity index (χ4v) is 2.10. The molecule has 1 aromatic carbocycles. The summed E-state index contributed by atoms with van der Waals surface area (Å²) in [6.07, 6.45) is 4.49. The van der Waals surface area contributed by atoms with Crippen molar-refractivity contribution in [1.29, 1.82) is 0 Å². The minimum atomic E-state index is -0.818. The number of carboxylic acid groups (broad SMARTS) is 1. The molecular weight excluding hydrogens is 262 g/mol. The summed E-state index contributed by atoms with van der Waals surface area (Å²) in [5.41, 5.74) is 1.82. The van der Waals surface area contributed by atoms with Crippen LogP contribution in [-0.4, -0.2) is 16.1 Å². The van der Waals surface area contributed by atoms with Gasteiger partial charge < -0.3 is 5.11 Å². The minimum Gasteiger partial charge on any atom is -0.481 e. The first-order valence-corrected chi connectivity index (χ1v) is 6.42. The summed E-state index contributed by atoms with van der Waals surface area (Å²) >= 11 is 5.82. The molecule has 0 aliphatic rings. The zero-order valence-electron chi connectivity index (χ0n) is 10.3. The van der Waals surface area contributed by atoms with E-state index in [1.54, 1.807) is 24.5 Å². The number of aryl methyl sites for hydroxylation is 1. The topological polar surface area (TPSA) is 50.2 Å². The quantitative estimate of drug-likeness (QED) is 0.908. The van der Waals surface area contributed by atoms with Crippen LogP contribution in [0.2, 0.25) is 5.02 Å². The second-order valence-corrected chi connectivity index (χ2v) is 4.78. The largest absolute Gasteiger partial charge is 0.481 e. The first kappa shape index (κ1) is 13.6. The van der Waals surface area contributed by atoms with Crippen molar-refractivity contribution >= 4 is 17.6 Å². The Labute approximate surface area is 116 Å². The fraction of sp³-hybridized carbons (Fsp3) is 0.200. The summed E-state index contributed by atoms with van der Waals surface area (Å²) in [4.78, 5) is 15.3. The molecule has 0 bridgehead atoms. The summed E-state index contributed by atoms with van der Waals surface area (Å²) in [7, 11) is 0. The highest BCUT2D eigenvalue weighted by Crippen LogP contribution is 2.22. The summed E-state index contributed by atoms with van der Waals surface area (Å²) in [6.45, 7) is 0. The lowest BCUT2D eigenvalue weighted by Gasteiger charge is -2.12. The zero-order valence-corrected chi connectivity index (χ0v) is 11.0. The van der Waals surface area contributed by atoms with E-state index in [9.17, 15) is 9.90 Å². The van der Waals surface area contributed by atoms with Crippen molar-refractivity contribution in [2.75, 3.05) is 0 Å². The van der Waals surface area contributed by atoms with Crippen LogP contribution in [0, 0.1) is 0 Å². The molecule has 0 radical (unpaired) electrons. The van der Waals surface area contributed by atoms with Crippen LogP contribution in [0.1, 0.15) is 23.5 Å². The van der Waals surface area contributed by atoms with Crippen LogP contribution in [0.25, 0.3) is 0 Å². The number of aromatic nitrogens is 1. The molecule has 0 aliphatic heterocycles. The van der Waals surface area contributed by atoms with Gasteiger partial charge in [0.2, 0.25) is 0 Å². The molecule has 4 heteroatoms. The Balaban J connectivity index is 2.06. The molecule has 0 saturated carbocycles. The van der Waals surface area contributed by atoms with Crippen molar-refractivity contribution in [3.63, 3.8) is 0 Å². The first-order chi connectivity index (χ1) is 9.16.